The average Bonchev–Trinajstić information content (AvgIpc) is 3.08. The minimum atomic E-state index is -3.46. The van der Waals surface area contributed by atoms with Gasteiger partial charge in [-0.1, -0.05) is 24.9 Å². The van der Waals surface area contributed by atoms with Gasteiger partial charge in [-0.3, -0.25) is 9.10 Å². The smallest absolute Gasteiger partial charge is 0.337 e. The first kappa shape index (κ1) is 23.0. The lowest BCUT2D eigenvalue weighted by Gasteiger charge is -2.18. The van der Waals surface area contributed by atoms with Crippen LogP contribution in [0.3, 0.4) is 0 Å². The number of methoxy groups -OCH3 is 1. The van der Waals surface area contributed by atoms with Crippen molar-refractivity contribution in [1.29, 1.82) is 0 Å². The third kappa shape index (κ3) is 4.99. The monoisotopic (exact) mass is 465 g/mol. The average molecular weight is 466 g/mol. The zero-order valence-electron chi connectivity index (χ0n) is 17.6. The minimum absolute atomic E-state index is 0.0401. The number of carbonyl (C=O) groups excluding carboxylic acids is 2. The number of aryl methyl sites for hydroxylation is 2. The van der Waals surface area contributed by atoms with Crippen molar-refractivity contribution in [1.82, 2.24) is 4.98 Å². The van der Waals surface area contributed by atoms with Gasteiger partial charge in [-0.2, -0.15) is 0 Å². The highest BCUT2D eigenvalue weighted by atomic mass is 35.5. The van der Waals surface area contributed by atoms with Crippen molar-refractivity contribution in [3.05, 3.63) is 51.7 Å². The maximum absolute atomic E-state index is 13.0. The molecule has 1 amide bonds. The number of aromatic nitrogens is 1. The van der Waals surface area contributed by atoms with Crippen LogP contribution in [0, 0.1) is 6.92 Å². The molecule has 0 radical (unpaired) electrons. The Morgan fingerprint density at radius 2 is 2.00 bits per heavy atom. The maximum Gasteiger partial charge on any atom is 0.337 e. The predicted molar refractivity (Wildman–Crippen MR) is 119 cm³/mol. The number of hydrogen-bond donors (Lipinski definition) is 1. The number of rotatable bonds is 6. The SMILES string of the molecule is CCCc1cc(NC(=O)c2cc(N3CCCS3(=O)=O)nc(C)c2Cl)cc(C(=O)OC)c1. The summed E-state index contributed by atoms with van der Waals surface area (Å²) in [4.78, 5) is 29.3. The number of nitrogens with one attached hydrogen (secondary N) is 1. The van der Waals surface area contributed by atoms with Gasteiger partial charge in [0.05, 0.1) is 34.7 Å². The van der Waals surface area contributed by atoms with E-state index in [1.54, 1.807) is 19.1 Å². The van der Waals surface area contributed by atoms with Crippen LogP contribution < -0.4 is 9.62 Å². The van der Waals surface area contributed by atoms with E-state index in [1.807, 2.05) is 6.92 Å². The molecule has 1 saturated heterocycles. The van der Waals surface area contributed by atoms with Crippen molar-refractivity contribution in [3.8, 4) is 0 Å². The van der Waals surface area contributed by atoms with E-state index >= 15 is 0 Å². The first-order chi connectivity index (χ1) is 14.7. The summed E-state index contributed by atoms with van der Waals surface area (Å²) in [6.07, 6.45) is 2.08. The van der Waals surface area contributed by atoms with Crippen LogP contribution in [0.25, 0.3) is 0 Å². The van der Waals surface area contributed by atoms with E-state index in [9.17, 15) is 18.0 Å². The van der Waals surface area contributed by atoms with Gasteiger partial charge in [0.25, 0.3) is 5.91 Å². The van der Waals surface area contributed by atoms with Gasteiger partial charge in [0.15, 0.2) is 0 Å². The lowest BCUT2D eigenvalue weighted by Crippen LogP contribution is -2.27. The molecule has 10 heteroatoms. The molecule has 2 aromatic rings. The summed E-state index contributed by atoms with van der Waals surface area (Å²) in [5, 5.41) is 2.89. The molecule has 31 heavy (non-hydrogen) atoms. The number of carbonyl (C=O) groups is 2. The fourth-order valence-electron chi connectivity index (χ4n) is 3.46. The number of hydrogen-bond acceptors (Lipinski definition) is 6. The molecule has 166 valence electrons. The normalized spacial score (nSPS) is 15.0. The van der Waals surface area contributed by atoms with Crippen molar-refractivity contribution in [2.24, 2.45) is 0 Å². The Morgan fingerprint density at radius 1 is 1.26 bits per heavy atom. The largest absolute Gasteiger partial charge is 0.465 e. The van der Waals surface area contributed by atoms with Crippen molar-refractivity contribution >= 4 is 45.0 Å². The number of sulfonamides is 1. The molecule has 8 nitrogen and oxygen atoms in total. The van der Waals surface area contributed by atoms with Gasteiger partial charge in [-0.05, 0) is 49.6 Å². The molecular formula is C21H24ClN3O5S. The highest BCUT2D eigenvalue weighted by Gasteiger charge is 2.31. The summed E-state index contributed by atoms with van der Waals surface area (Å²) in [6, 6.07) is 6.41. The van der Waals surface area contributed by atoms with Gasteiger partial charge >= 0.3 is 5.97 Å². The fraction of sp³-hybridized carbons (Fsp3) is 0.381. The molecule has 2 heterocycles. The third-order valence-corrected chi connectivity index (χ3v) is 7.24. The summed E-state index contributed by atoms with van der Waals surface area (Å²) in [5.41, 5.74) is 2.07. The van der Waals surface area contributed by atoms with Crippen molar-refractivity contribution in [3.63, 3.8) is 0 Å². The second-order valence-corrected chi connectivity index (χ2v) is 9.67. The van der Waals surface area contributed by atoms with Crippen LogP contribution in [-0.2, 0) is 21.2 Å². The van der Waals surface area contributed by atoms with E-state index in [0.29, 0.717) is 29.9 Å². The fourth-order valence-corrected chi connectivity index (χ4v) is 5.14. The summed E-state index contributed by atoms with van der Waals surface area (Å²) < 4.78 is 30.5. The topological polar surface area (TPSA) is 106 Å². The van der Waals surface area contributed by atoms with Gasteiger partial charge in [0.2, 0.25) is 10.0 Å². The van der Waals surface area contributed by atoms with Gasteiger partial charge in [0, 0.05) is 12.2 Å². The number of amides is 1. The first-order valence-corrected chi connectivity index (χ1v) is 11.9. The number of nitrogens with zero attached hydrogens (tertiary/aromatic N) is 2. The number of pyridine rings is 1. The molecule has 1 fully saturated rings. The molecule has 0 spiro atoms. The lowest BCUT2D eigenvalue weighted by atomic mass is 10.0. The van der Waals surface area contributed by atoms with E-state index in [0.717, 1.165) is 18.4 Å². The standard InChI is InChI=1S/C21H24ClN3O5S/c1-4-6-14-9-15(21(27)30-3)11-16(10-14)24-20(26)17-12-18(23-13(2)19(17)22)25-7-5-8-31(25,28)29/h9-12H,4-8H2,1-3H3,(H,24,26). The van der Waals surface area contributed by atoms with Crippen LogP contribution in [0.5, 0.6) is 0 Å². The van der Waals surface area contributed by atoms with Crippen molar-refractivity contribution in [2.75, 3.05) is 29.0 Å². The summed E-state index contributed by atoms with van der Waals surface area (Å²) >= 11 is 6.32. The zero-order valence-corrected chi connectivity index (χ0v) is 19.1. The Labute approximate surface area is 186 Å². The molecule has 1 aromatic heterocycles. The van der Waals surface area contributed by atoms with Gasteiger partial charge in [-0.25, -0.2) is 18.2 Å². The quantitative estimate of drug-likeness (QED) is 0.653. The highest BCUT2D eigenvalue weighted by Crippen LogP contribution is 2.29. The number of ether oxygens (including phenoxy) is 1. The molecule has 1 aliphatic rings. The van der Waals surface area contributed by atoms with Gasteiger partial charge in [-0.15, -0.1) is 0 Å². The van der Waals surface area contributed by atoms with E-state index in [-0.39, 0.29) is 22.2 Å². The maximum atomic E-state index is 13.0. The third-order valence-electron chi connectivity index (χ3n) is 4.92. The molecule has 0 bridgehead atoms. The highest BCUT2D eigenvalue weighted by molar-refractivity contribution is 7.93. The molecule has 1 N–H and O–H groups in total. The van der Waals surface area contributed by atoms with E-state index in [1.165, 1.54) is 23.5 Å². The minimum Gasteiger partial charge on any atom is -0.465 e. The molecule has 0 atom stereocenters. The Morgan fingerprint density at radius 3 is 2.61 bits per heavy atom. The van der Waals surface area contributed by atoms with Crippen LogP contribution >= 0.6 is 11.6 Å². The molecular weight excluding hydrogens is 442 g/mol. The van der Waals surface area contributed by atoms with E-state index in [2.05, 4.69) is 10.3 Å². The number of anilines is 2. The first-order valence-electron chi connectivity index (χ1n) is 9.87. The van der Waals surface area contributed by atoms with Crippen LogP contribution in [0.1, 0.15) is 51.7 Å². The second kappa shape index (κ2) is 9.23. The second-order valence-electron chi connectivity index (χ2n) is 7.28. The Bertz CT molecular complexity index is 1130. The number of esters is 1. The molecule has 0 unspecified atom stereocenters. The van der Waals surface area contributed by atoms with Crippen LogP contribution in [0.4, 0.5) is 11.5 Å². The van der Waals surface area contributed by atoms with E-state index in [4.69, 9.17) is 16.3 Å². The summed E-state index contributed by atoms with van der Waals surface area (Å²) in [6.45, 7) is 3.93. The number of benzene rings is 1. The summed E-state index contributed by atoms with van der Waals surface area (Å²) in [5.74, 6) is -0.830. The van der Waals surface area contributed by atoms with Crippen molar-refractivity contribution < 1.29 is 22.7 Å². The van der Waals surface area contributed by atoms with Crippen LogP contribution in [0.15, 0.2) is 24.3 Å². The predicted octanol–water partition coefficient (Wildman–Crippen LogP) is 3.57. The Kier molecular flexibility index (Phi) is 6.86. The molecule has 0 aliphatic carbocycles. The number of halogens is 1. The van der Waals surface area contributed by atoms with Gasteiger partial charge < -0.3 is 10.1 Å². The molecule has 3 rings (SSSR count). The van der Waals surface area contributed by atoms with E-state index < -0.39 is 21.9 Å². The molecule has 1 aromatic carbocycles. The lowest BCUT2D eigenvalue weighted by molar-refractivity contribution is 0.0600. The zero-order chi connectivity index (χ0) is 22.8. The van der Waals surface area contributed by atoms with Crippen LogP contribution in [0.2, 0.25) is 5.02 Å². The van der Waals surface area contributed by atoms with Gasteiger partial charge in [0.1, 0.15) is 5.82 Å². The Balaban J connectivity index is 1.97. The Hall–Kier alpha value is -2.65. The van der Waals surface area contributed by atoms with Crippen molar-refractivity contribution in [2.45, 2.75) is 33.1 Å². The van der Waals surface area contributed by atoms with Crippen LogP contribution in [-0.4, -0.2) is 44.7 Å². The molecule has 0 saturated carbocycles. The summed E-state index contributed by atoms with van der Waals surface area (Å²) in [7, 11) is -2.16. The molecule has 1 aliphatic heterocycles.